The van der Waals surface area contributed by atoms with Gasteiger partial charge in [0.25, 0.3) is 0 Å². The number of nitrogens with one attached hydrogen (secondary N) is 1. The predicted molar refractivity (Wildman–Crippen MR) is 47.0 cm³/mol. The molecular formula is C9H13NO3. The number of rotatable bonds is 3. The van der Waals surface area contributed by atoms with E-state index in [0.29, 0.717) is 6.42 Å². The molecule has 0 saturated carbocycles. The lowest BCUT2D eigenvalue weighted by atomic mass is 10.0. The molecule has 0 bridgehead atoms. The van der Waals surface area contributed by atoms with Gasteiger partial charge in [-0.05, 0) is 12.8 Å². The molecule has 72 valence electrons. The Morgan fingerprint density at radius 2 is 2.38 bits per heavy atom. The Labute approximate surface area is 76.9 Å². The summed E-state index contributed by atoms with van der Waals surface area (Å²) < 4.78 is 4.45. The van der Waals surface area contributed by atoms with Crippen molar-refractivity contribution in [1.82, 2.24) is 5.32 Å². The average Bonchev–Trinajstić information content (AvgIpc) is 2.14. The van der Waals surface area contributed by atoms with Gasteiger partial charge in [0, 0.05) is 18.2 Å². The summed E-state index contributed by atoms with van der Waals surface area (Å²) in [6.45, 7) is 0.135. The second-order valence-corrected chi connectivity index (χ2v) is 2.92. The topological polar surface area (TPSA) is 55.4 Å². The van der Waals surface area contributed by atoms with Gasteiger partial charge >= 0.3 is 5.97 Å². The predicted octanol–water partition coefficient (Wildman–Crippen LogP) is 0.386. The van der Waals surface area contributed by atoms with Crippen molar-refractivity contribution in [3.63, 3.8) is 0 Å². The third-order valence-corrected chi connectivity index (χ3v) is 1.89. The standard InChI is InChI=1S/C9H13NO3/c1-13-9(12)6-10-7-3-2-4-8(11)5-7/h5,10H,2-4,6H2,1H3. The Kier molecular flexibility index (Phi) is 3.49. The first-order valence-electron chi connectivity index (χ1n) is 4.26. The van der Waals surface area contributed by atoms with Crippen molar-refractivity contribution in [3.05, 3.63) is 11.8 Å². The fourth-order valence-electron chi connectivity index (χ4n) is 1.19. The van der Waals surface area contributed by atoms with Gasteiger partial charge in [0.2, 0.25) is 0 Å². The lowest BCUT2D eigenvalue weighted by Crippen LogP contribution is -2.25. The first-order chi connectivity index (χ1) is 6.22. The van der Waals surface area contributed by atoms with Crippen LogP contribution in [0.3, 0.4) is 0 Å². The van der Waals surface area contributed by atoms with Crippen LogP contribution in [0.15, 0.2) is 11.8 Å². The van der Waals surface area contributed by atoms with Crippen LogP contribution in [0.4, 0.5) is 0 Å². The molecule has 4 nitrogen and oxygen atoms in total. The summed E-state index contributed by atoms with van der Waals surface area (Å²) in [5.74, 6) is -0.197. The van der Waals surface area contributed by atoms with Crippen molar-refractivity contribution in [3.8, 4) is 0 Å². The van der Waals surface area contributed by atoms with Crippen LogP contribution in [-0.2, 0) is 14.3 Å². The lowest BCUT2D eigenvalue weighted by Gasteiger charge is -2.13. The minimum atomic E-state index is -0.320. The van der Waals surface area contributed by atoms with Crippen LogP contribution < -0.4 is 5.32 Å². The zero-order valence-electron chi connectivity index (χ0n) is 7.63. The van der Waals surface area contributed by atoms with E-state index in [0.717, 1.165) is 18.5 Å². The summed E-state index contributed by atoms with van der Waals surface area (Å²) in [6, 6.07) is 0. The maximum Gasteiger partial charge on any atom is 0.325 e. The fourth-order valence-corrected chi connectivity index (χ4v) is 1.19. The highest BCUT2D eigenvalue weighted by Gasteiger charge is 2.10. The van der Waals surface area contributed by atoms with E-state index in [1.54, 1.807) is 6.08 Å². The van der Waals surface area contributed by atoms with Crippen molar-refractivity contribution < 1.29 is 14.3 Å². The third-order valence-electron chi connectivity index (χ3n) is 1.89. The van der Waals surface area contributed by atoms with Crippen LogP contribution in [0, 0.1) is 0 Å². The largest absolute Gasteiger partial charge is 0.468 e. The van der Waals surface area contributed by atoms with E-state index in [-0.39, 0.29) is 18.3 Å². The molecule has 0 unspecified atom stereocenters. The van der Waals surface area contributed by atoms with Gasteiger partial charge in [-0.1, -0.05) is 0 Å². The summed E-state index contributed by atoms with van der Waals surface area (Å²) in [4.78, 5) is 21.7. The molecule has 0 atom stereocenters. The molecule has 0 spiro atoms. The molecule has 13 heavy (non-hydrogen) atoms. The fraction of sp³-hybridized carbons (Fsp3) is 0.556. The maximum absolute atomic E-state index is 11.0. The summed E-state index contributed by atoms with van der Waals surface area (Å²) in [5, 5.41) is 2.87. The molecule has 1 aliphatic rings. The number of hydrogen-bond acceptors (Lipinski definition) is 4. The van der Waals surface area contributed by atoms with Gasteiger partial charge in [0.05, 0.1) is 7.11 Å². The van der Waals surface area contributed by atoms with E-state index in [9.17, 15) is 9.59 Å². The van der Waals surface area contributed by atoms with Crippen LogP contribution in [0.1, 0.15) is 19.3 Å². The summed E-state index contributed by atoms with van der Waals surface area (Å²) in [6.07, 6.45) is 3.87. The third kappa shape index (κ3) is 3.27. The lowest BCUT2D eigenvalue weighted by molar-refractivity contribution is -0.139. The van der Waals surface area contributed by atoms with Gasteiger partial charge in [-0.25, -0.2) is 0 Å². The van der Waals surface area contributed by atoms with Crippen molar-refractivity contribution in [1.29, 1.82) is 0 Å². The van der Waals surface area contributed by atoms with E-state index in [4.69, 9.17) is 0 Å². The first-order valence-corrected chi connectivity index (χ1v) is 4.26. The van der Waals surface area contributed by atoms with Crippen molar-refractivity contribution in [2.45, 2.75) is 19.3 Å². The first kappa shape index (κ1) is 9.77. The van der Waals surface area contributed by atoms with E-state index in [2.05, 4.69) is 10.1 Å². The van der Waals surface area contributed by atoms with E-state index < -0.39 is 0 Å². The number of ketones is 1. The summed E-state index contributed by atoms with van der Waals surface area (Å²) >= 11 is 0. The summed E-state index contributed by atoms with van der Waals surface area (Å²) in [7, 11) is 1.34. The Balaban J connectivity index is 2.36. The molecule has 0 aromatic rings. The van der Waals surface area contributed by atoms with Gasteiger partial charge < -0.3 is 10.1 Å². The van der Waals surface area contributed by atoms with E-state index in [1.807, 2.05) is 0 Å². The van der Waals surface area contributed by atoms with Crippen LogP contribution >= 0.6 is 0 Å². The Morgan fingerprint density at radius 3 is 3.00 bits per heavy atom. The second-order valence-electron chi connectivity index (χ2n) is 2.92. The molecule has 1 aliphatic carbocycles. The molecule has 0 heterocycles. The number of allylic oxidation sites excluding steroid dienone is 2. The van der Waals surface area contributed by atoms with Crippen LogP contribution in [0.5, 0.6) is 0 Å². The zero-order chi connectivity index (χ0) is 9.68. The highest BCUT2D eigenvalue weighted by Crippen LogP contribution is 2.11. The zero-order valence-corrected chi connectivity index (χ0v) is 7.63. The van der Waals surface area contributed by atoms with Crippen molar-refractivity contribution >= 4 is 11.8 Å². The number of hydrogen-bond donors (Lipinski definition) is 1. The minimum absolute atomic E-state index is 0.124. The summed E-state index contributed by atoms with van der Waals surface area (Å²) in [5.41, 5.74) is 0.835. The van der Waals surface area contributed by atoms with Gasteiger partial charge in [0.15, 0.2) is 5.78 Å². The Bertz CT molecular complexity index is 245. The molecule has 0 aliphatic heterocycles. The molecule has 1 N–H and O–H groups in total. The van der Waals surface area contributed by atoms with Gasteiger partial charge in [-0.2, -0.15) is 0 Å². The Morgan fingerprint density at radius 1 is 1.62 bits per heavy atom. The normalized spacial score (nSPS) is 16.4. The van der Waals surface area contributed by atoms with Gasteiger partial charge in [0.1, 0.15) is 6.54 Å². The number of carbonyl (C=O) groups excluding carboxylic acids is 2. The number of esters is 1. The molecule has 0 radical (unpaired) electrons. The maximum atomic E-state index is 11.0. The number of methoxy groups -OCH3 is 1. The second kappa shape index (κ2) is 4.64. The molecular weight excluding hydrogens is 170 g/mol. The van der Waals surface area contributed by atoms with Gasteiger partial charge in [-0.3, -0.25) is 9.59 Å². The smallest absolute Gasteiger partial charge is 0.325 e. The average molecular weight is 183 g/mol. The molecule has 0 amide bonds. The van der Waals surface area contributed by atoms with Crippen molar-refractivity contribution in [2.75, 3.05) is 13.7 Å². The van der Waals surface area contributed by atoms with Gasteiger partial charge in [-0.15, -0.1) is 0 Å². The van der Waals surface area contributed by atoms with Crippen molar-refractivity contribution in [2.24, 2.45) is 0 Å². The molecule has 0 aromatic carbocycles. The minimum Gasteiger partial charge on any atom is -0.468 e. The molecule has 0 saturated heterocycles. The quantitative estimate of drug-likeness (QED) is 0.643. The number of carbonyl (C=O) groups is 2. The molecule has 4 heteroatoms. The van der Waals surface area contributed by atoms with Crippen LogP contribution in [0.2, 0.25) is 0 Å². The molecule has 0 fully saturated rings. The monoisotopic (exact) mass is 183 g/mol. The van der Waals surface area contributed by atoms with E-state index >= 15 is 0 Å². The van der Waals surface area contributed by atoms with E-state index in [1.165, 1.54) is 7.11 Å². The number of ether oxygens (including phenoxy) is 1. The van der Waals surface area contributed by atoms with Crippen LogP contribution in [0.25, 0.3) is 0 Å². The SMILES string of the molecule is COC(=O)CNC1=CC(=O)CCC1. The molecule has 1 rings (SSSR count). The molecule has 0 aromatic heterocycles. The highest BCUT2D eigenvalue weighted by molar-refractivity contribution is 5.91. The Hall–Kier alpha value is -1.32. The highest BCUT2D eigenvalue weighted by atomic mass is 16.5. The van der Waals surface area contributed by atoms with Crippen LogP contribution in [-0.4, -0.2) is 25.4 Å².